The van der Waals surface area contributed by atoms with Gasteiger partial charge in [0.1, 0.15) is 0 Å². The van der Waals surface area contributed by atoms with Crippen LogP contribution in [0, 0.1) is 5.41 Å². The van der Waals surface area contributed by atoms with Crippen molar-refractivity contribution >= 4 is 0 Å². The summed E-state index contributed by atoms with van der Waals surface area (Å²) in [6.07, 6.45) is 11.8. The average molecular weight is 266 g/mol. The van der Waals surface area contributed by atoms with E-state index >= 15 is 0 Å². The first-order valence-electron chi connectivity index (χ1n) is 8.24. The fourth-order valence-corrected chi connectivity index (χ4v) is 4.39. The predicted molar refractivity (Wildman–Crippen MR) is 78.2 cm³/mol. The van der Waals surface area contributed by atoms with E-state index in [1.54, 1.807) is 0 Å². The quantitative estimate of drug-likeness (QED) is 0.821. The van der Waals surface area contributed by atoms with Crippen LogP contribution in [0.3, 0.4) is 0 Å². The van der Waals surface area contributed by atoms with E-state index in [0.29, 0.717) is 11.5 Å². The summed E-state index contributed by atoms with van der Waals surface area (Å²) in [5.74, 6) is 0. The van der Waals surface area contributed by atoms with Crippen LogP contribution >= 0.6 is 0 Å². The maximum Gasteiger partial charge on any atom is 0.0796 e. The number of nitrogens with one attached hydrogen (secondary N) is 1. The molecule has 3 aliphatic rings. The summed E-state index contributed by atoms with van der Waals surface area (Å²) in [5.41, 5.74) is 0.257. The molecule has 0 radical (unpaired) electrons. The molecule has 1 heterocycles. The van der Waals surface area contributed by atoms with Crippen molar-refractivity contribution in [1.82, 2.24) is 10.2 Å². The molecule has 19 heavy (non-hydrogen) atoms. The summed E-state index contributed by atoms with van der Waals surface area (Å²) in [6.45, 7) is 2.88. The van der Waals surface area contributed by atoms with Crippen molar-refractivity contribution in [1.29, 1.82) is 0 Å². The molecule has 0 unspecified atom stereocenters. The van der Waals surface area contributed by atoms with Gasteiger partial charge >= 0.3 is 0 Å². The zero-order valence-electron chi connectivity index (χ0n) is 12.5. The molecule has 1 saturated heterocycles. The molecule has 3 heteroatoms. The van der Waals surface area contributed by atoms with Crippen LogP contribution in [0.4, 0.5) is 0 Å². The van der Waals surface area contributed by atoms with Crippen molar-refractivity contribution in [2.24, 2.45) is 5.41 Å². The van der Waals surface area contributed by atoms with Crippen LogP contribution in [-0.4, -0.2) is 48.3 Å². The summed E-state index contributed by atoms with van der Waals surface area (Å²) in [5, 5.41) is 14.2. The molecule has 2 aliphatic carbocycles. The van der Waals surface area contributed by atoms with Gasteiger partial charge in [-0.05, 0) is 51.0 Å². The molecule has 0 aromatic carbocycles. The lowest BCUT2D eigenvalue weighted by atomic mass is 9.58. The first-order chi connectivity index (χ1) is 9.09. The smallest absolute Gasteiger partial charge is 0.0796 e. The topological polar surface area (TPSA) is 35.5 Å². The normalized spacial score (nSPS) is 31.3. The van der Waals surface area contributed by atoms with Gasteiger partial charge in [0.2, 0.25) is 0 Å². The number of aliphatic hydroxyl groups is 1. The summed E-state index contributed by atoms with van der Waals surface area (Å²) in [7, 11) is 2.14. The lowest BCUT2D eigenvalue weighted by molar-refractivity contribution is -0.0293. The fourth-order valence-electron chi connectivity index (χ4n) is 4.39. The van der Waals surface area contributed by atoms with Crippen molar-refractivity contribution in [3.8, 4) is 0 Å². The van der Waals surface area contributed by atoms with Crippen LogP contribution < -0.4 is 5.32 Å². The number of likely N-dealkylation sites (tertiary alicyclic amines) is 1. The Morgan fingerprint density at radius 3 is 2.32 bits per heavy atom. The molecule has 110 valence electrons. The monoisotopic (exact) mass is 266 g/mol. The number of piperidine rings is 1. The standard InChI is InChI=1S/C16H30N2O/c1-18-9-7-16(19,8-10-18)13-17-14-11-15(12-14)5-3-2-4-6-15/h14,17,19H,2-13H2,1H3. The van der Waals surface area contributed by atoms with E-state index in [1.807, 2.05) is 0 Å². The molecule has 2 N–H and O–H groups in total. The van der Waals surface area contributed by atoms with Gasteiger partial charge in [0.15, 0.2) is 0 Å². The summed E-state index contributed by atoms with van der Waals surface area (Å²) in [6, 6.07) is 0.682. The Morgan fingerprint density at radius 1 is 1.05 bits per heavy atom. The molecule has 0 atom stereocenters. The fraction of sp³-hybridized carbons (Fsp3) is 1.00. The number of nitrogens with zero attached hydrogens (tertiary/aromatic N) is 1. The van der Waals surface area contributed by atoms with Gasteiger partial charge in [-0.15, -0.1) is 0 Å². The molecule has 0 bridgehead atoms. The minimum Gasteiger partial charge on any atom is -0.388 e. The van der Waals surface area contributed by atoms with E-state index in [2.05, 4.69) is 17.3 Å². The van der Waals surface area contributed by atoms with E-state index in [4.69, 9.17) is 0 Å². The maximum atomic E-state index is 10.6. The third-order valence-corrected chi connectivity index (χ3v) is 5.91. The van der Waals surface area contributed by atoms with Crippen LogP contribution in [-0.2, 0) is 0 Å². The predicted octanol–water partition coefficient (Wildman–Crippen LogP) is 2.15. The van der Waals surface area contributed by atoms with E-state index in [9.17, 15) is 5.11 Å². The zero-order valence-corrected chi connectivity index (χ0v) is 12.5. The van der Waals surface area contributed by atoms with Crippen LogP contribution in [0.1, 0.15) is 57.8 Å². The Morgan fingerprint density at radius 2 is 1.68 bits per heavy atom. The van der Waals surface area contributed by atoms with E-state index in [-0.39, 0.29) is 0 Å². The second kappa shape index (κ2) is 5.34. The van der Waals surface area contributed by atoms with Crippen LogP contribution in [0.15, 0.2) is 0 Å². The third kappa shape index (κ3) is 3.14. The Kier molecular flexibility index (Phi) is 3.89. The SMILES string of the molecule is CN1CCC(O)(CNC2CC3(CCCCC3)C2)CC1. The molecule has 1 spiro atoms. The molecule has 0 aromatic heterocycles. The molecule has 3 nitrogen and oxygen atoms in total. The van der Waals surface area contributed by atoms with Crippen molar-refractivity contribution in [3.05, 3.63) is 0 Å². The van der Waals surface area contributed by atoms with Gasteiger partial charge in [0.05, 0.1) is 5.60 Å². The molecule has 0 amide bonds. The highest BCUT2D eigenvalue weighted by Gasteiger charge is 2.44. The Hall–Kier alpha value is -0.120. The van der Waals surface area contributed by atoms with E-state index < -0.39 is 5.60 Å². The van der Waals surface area contributed by atoms with Crippen molar-refractivity contribution in [2.75, 3.05) is 26.7 Å². The van der Waals surface area contributed by atoms with Gasteiger partial charge in [-0.25, -0.2) is 0 Å². The highest BCUT2D eigenvalue weighted by Crippen LogP contribution is 2.51. The summed E-state index contributed by atoms with van der Waals surface area (Å²) >= 11 is 0. The number of hydrogen-bond acceptors (Lipinski definition) is 3. The van der Waals surface area contributed by atoms with Crippen LogP contribution in [0.2, 0.25) is 0 Å². The second-order valence-electron chi connectivity index (χ2n) is 7.57. The zero-order chi connectivity index (χ0) is 13.3. The molecule has 2 saturated carbocycles. The minimum absolute atomic E-state index is 0.443. The van der Waals surface area contributed by atoms with Gasteiger partial charge < -0.3 is 15.3 Å². The number of rotatable bonds is 3. The molecule has 1 aliphatic heterocycles. The summed E-state index contributed by atoms with van der Waals surface area (Å²) < 4.78 is 0. The van der Waals surface area contributed by atoms with Gasteiger partial charge in [-0.3, -0.25) is 0 Å². The van der Waals surface area contributed by atoms with E-state index in [1.165, 1.54) is 44.9 Å². The molecular weight excluding hydrogens is 236 g/mol. The second-order valence-corrected chi connectivity index (χ2v) is 7.57. The van der Waals surface area contributed by atoms with Gasteiger partial charge in [-0.1, -0.05) is 19.3 Å². The van der Waals surface area contributed by atoms with Crippen molar-refractivity contribution < 1.29 is 5.11 Å². The van der Waals surface area contributed by atoms with Crippen molar-refractivity contribution in [3.63, 3.8) is 0 Å². The van der Waals surface area contributed by atoms with Gasteiger partial charge in [-0.2, -0.15) is 0 Å². The van der Waals surface area contributed by atoms with Crippen LogP contribution in [0.5, 0.6) is 0 Å². The average Bonchev–Trinajstić information content (AvgIpc) is 2.39. The lowest BCUT2D eigenvalue weighted by Gasteiger charge is -2.51. The van der Waals surface area contributed by atoms with Gasteiger partial charge in [0.25, 0.3) is 0 Å². The maximum absolute atomic E-state index is 10.6. The van der Waals surface area contributed by atoms with Crippen LogP contribution in [0.25, 0.3) is 0 Å². The highest BCUT2D eigenvalue weighted by molar-refractivity contribution is 5.00. The number of hydrogen-bond donors (Lipinski definition) is 2. The van der Waals surface area contributed by atoms with Crippen molar-refractivity contribution in [2.45, 2.75) is 69.4 Å². The van der Waals surface area contributed by atoms with E-state index in [0.717, 1.165) is 32.5 Å². The van der Waals surface area contributed by atoms with Gasteiger partial charge in [0, 0.05) is 25.7 Å². The first-order valence-corrected chi connectivity index (χ1v) is 8.24. The Balaban J connectivity index is 1.39. The minimum atomic E-state index is -0.443. The Labute approximate surface area is 117 Å². The third-order valence-electron chi connectivity index (χ3n) is 5.91. The highest BCUT2D eigenvalue weighted by atomic mass is 16.3. The molecule has 3 fully saturated rings. The largest absolute Gasteiger partial charge is 0.388 e. The molecule has 3 rings (SSSR count). The first kappa shape index (κ1) is 13.8. The Bertz CT molecular complexity index is 296. The lowest BCUT2D eigenvalue weighted by Crippen LogP contribution is -2.55. The molecular formula is C16H30N2O. The molecule has 0 aromatic rings. The summed E-state index contributed by atoms with van der Waals surface area (Å²) in [4.78, 5) is 2.31.